The zero-order chi connectivity index (χ0) is 17.3. The quantitative estimate of drug-likeness (QED) is 0.528. The van der Waals surface area contributed by atoms with Gasteiger partial charge in [0.1, 0.15) is 17.9 Å². The maximum absolute atomic E-state index is 11.6. The van der Waals surface area contributed by atoms with Crippen LogP contribution in [-0.4, -0.2) is 13.1 Å². The smallest absolute Gasteiger partial charge is 0.374 e. The van der Waals surface area contributed by atoms with Crippen LogP contribution in [0.5, 0.6) is 5.75 Å². The number of aryl methyl sites for hydroxylation is 1. The third kappa shape index (κ3) is 3.00. The topological polar surface area (TPSA) is 78.9 Å². The Hall–Kier alpha value is -2.73. The summed E-state index contributed by atoms with van der Waals surface area (Å²) in [6.45, 7) is 1.84. The molecule has 124 valence electrons. The van der Waals surface area contributed by atoms with E-state index >= 15 is 0 Å². The number of fused-ring (bicyclic) bond motifs is 1. The standard InChI is InChI=1S/C17H13ClO6/c1-9-5-15(19)24-13-7-14(12(18)6-11(9)13)23-8-10-3-4-22-16(10)17(20)21-2/h3-7H,8H2,1-2H3. The van der Waals surface area contributed by atoms with Crippen LogP contribution in [0.1, 0.15) is 21.7 Å². The molecular formula is C17H13ClO6. The molecule has 0 aliphatic carbocycles. The molecule has 3 aromatic rings. The van der Waals surface area contributed by atoms with Crippen molar-refractivity contribution in [2.45, 2.75) is 13.5 Å². The van der Waals surface area contributed by atoms with Crippen LogP contribution in [0, 0.1) is 6.92 Å². The lowest BCUT2D eigenvalue weighted by atomic mass is 10.1. The Balaban J connectivity index is 1.91. The van der Waals surface area contributed by atoms with Crippen molar-refractivity contribution in [1.29, 1.82) is 0 Å². The molecule has 0 aliphatic heterocycles. The first-order valence-corrected chi connectivity index (χ1v) is 7.39. The first-order valence-electron chi connectivity index (χ1n) is 7.01. The fourth-order valence-electron chi connectivity index (χ4n) is 2.31. The van der Waals surface area contributed by atoms with Crippen LogP contribution in [0.15, 0.2) is 44.2 Å². The van der Waals surface area contributed by atoms with Gasteiger partial charge in [0.05, 0.1) is 18.4 Å². The van der Waals surface area contributed by atoms with Gasteiger partial charge < -0.3 is 18.3 Å². The molecule has 0 unspecified atom stereocenters. The van der Waals surface area contributed by atoms with Crippen LogP contribution in [-0.2, 0) is 11.3 Å². The van der Waals surface area contributed by atoms with E-state index in [2.05, 4.69) is 4.74 Å². The van der Waals surface area contributed by atoms with Crippen molar-refractivity contribution in [3.63, 3.8) is 0 Å². The van der Waals surface area contributed by atoms with Gasteiger partial charge in [-0.3, -0.25) is 0 Å². The normalized spacial score (nSPS) is 10.8. The predicted octanol–water partition coefficient (Wildman–Crippen LogP) is 3.71. The van der Waals surface area contributed by atoms with E-state index in [0.717, 1.165) is 10.9 Å². The zero-order valence-corrected chi connectivity index (χ0v) is 13.7. The van der Waals surface area contributed by atoms with Gasteiger partial charge in [0.2, 0.25) is 5.76 Å². The molecule has 0 radical (unpaired) electrons. The number of carbonyl (C=O) groups is 1. The average molecular weight is 349 g/mol. The van der Waals surface area contributed by atoms with E-state index in [9.17, 15) is 9.59 Å². The van der Waals surface area contributed by atoms with Crippen LogP contribution in [0.4, 0.5) is 0 Å². The fraction of sp³-hybridized carbons (Fsp3) is 0.176. The lowest BCUT2D eigenvalue weighted by Crippen LogP contribution is -2.05. The second-order valence-electron chi connectivity index (χ2n) is 5.08. The van der Waals surface area contributed by atoms with E-state index in [1.807, 2.05) is 0 Å². The number of methoxy groups -OCH3 is 1. The molecule has 3 rings (SSSR count). The molecule has 0 N–H and O–H groups in total. The second kappa shape index (κ2) is 6.41. The van der Waals surface area contributed by atoms with E-state index in [4.69, 9.17) is 25.2 Å². The maximum atomic E-state index is 11.6. The van der Waals surface area contributed by atoms with Gasteiger partial charge in [0, 0.05) is 23.1 Å². The van der Waals surface area contributed by atoms with Crippen molar-refractivity contribution >= 4 is 28.5 Å². The summed E-state index contributed by atoms with van der Waals surface area (Å²) in [7, 11) is 1.26. The van der Waals surface area contributed by atoms with E-state index in [1.165, 1.54) is 19.4 Å². The highest BCUT2D eigenvalue weighted by atomic mass is 35.5. The molecule has 0 aliphatic rings. The Morgan fingerprint density at radius 1 is 1.29 bits per heavy atom. The fourth-order valence-corrected chi connectivity index (χ4v) is 2.53. The first kappa shape index (κ1) is 16.1. The summed E-state index contributed by atoms with van der Waals surface area (Å²) >= 11 is 6.22. The molecule has 6 nitrogen and oxygen atoms in total. The number of halogens is 1. The molecule has 0 amide bonds. The first-order chi connectivity index (χ1) is 11.5. The van der Waals surface area contributed by atoms with Crippen molar-refractivity contribution in [2.75, 3.05) is 7.11 Å². The van der Waals surface area contributed by atoms with Gasteiger partial charge in [0.15, 0.2) is 0 Å². The Morgan fingerprint density at radius 2 is 2.08 bits per heavy atom. The van der Waals surface area contributed by atoms with Crippen LogP contribution in [0.3, 0.4) is 0 Å². The molecule has 0 atom stereocenters. The summed E-state index contributed by atoms with van der Waals surface area (Å²) < 4.78 is 20.5. The van der Waals surface area contributed by atoms with E-state index in [1.54, 1.807) is 25.1 Å². The highest BCUT2D eigenvalue weighted by Crippen LogP contribution is 2.31. The molecule has 0 saturated carbocycles. The van der Waals surface area contributed by atoms with Crippen LogP contribution < -0.4 is 10.4 Å². The van der Waals surface area contributed by atoms with Gasteiger partial charge in [-0.15, -0.1) is 0 Å². The summed E-state index contributed by atoms with van der Waals surface area (Å²) in [4.78, 5) is 23.1. The SMILES string of the molecule is COC(=O)c1occc1COc1cc2oc(=O)cc(C)c2cc1Cl. The van der Waals surface area contributed by atoms with Crippen LogP contribution in [0.2, 0.25) is 5.02 Å². The van der Waals surface area contributed by atoms with Gasteiger partial charge in [-0.2, -0.15) is 0 Å². The van der Waals surface area contributed by atoms with E-state index in [-0.39, 0.29) is 12.4 Å². The van der Waals surface area contributed by atoms with Crippen molar-refractivity contribution < 1.29 is 23.1 Å². The van der Waals surface area contributed by atoms with Gasteiger partial charge >= 0.3 is 11.6 Å². The molecule has 2 aromatic heterocycles. The number of benzene rings is 1. The maximum Gasteiger partial charge on any atom is 0.374 e. The van der Waals surface area contributed by atoms with Gasteiger partial charge in [-0.05, 0) is 24.6 Å². The molecule has 0 saturated heterocycles. The monoisotopic (exact) mass is 348 g/mol. The summed E-state index contributed by atoms with van der Waals surface area (Å²) in [6, 6.07) is 6.21. The number of esters is 1. The molecule has 0 fully saturated rings. The second-order valence-corrected chi connectivity index (χ2v) is 5.49. The van der Waals surface area contributed by atoms with Crippen molar-refractivity contribution in [3.05, 3.63) is 62.9 Å². The van der Waals surface area contributed by atoms with Crippen LogP contribution in [0.25, 0.3) is 11.0 Å². The van der Waals surface area contributed by atoms with Crippen molar-refractivity contribution in [1.82, 2.24) is 0 Å². The molecule has 24 heavy (non-hydrogen) atoms. The summed E-state index contributed by atoms with van der Waals surface area (Å²) in [5, 5.41) is 1.09. The molecule has 0 bridgehead atoms. The Labute approximate surface area is 141 Å². The molecule has 1 aromatic carbocycles. The third-order valence-electron chi connectivity index (χ3n) is 3.50. The van der Waals surface area contributed by atoms with Crippen LogP contribution >= 0.6 is 11.6 Å². The lowest BCUT2D eigenvalue weighted by molar-refractivity contribution is 0.0561. The van der Waals surface area contributed by atoms with Crippen molar-refractivity contribution in [3.8, 4) is 5.75 Å². The van der Waals surface area contributed by atoms with Gasteiger partial charge in [0.25, 0.3) is 0 Å². The number of carbonyl (C=O) groups excluding carboxylic acids is 1. The number of rotatable bonds is 4. The zero-order valence-electron chi connectivity index (χ0n) is 12.9. The number of furan rings is 1. The molecule has 0 spiro atoms. The number of hydrogen-bond donors (Lipinski definition) is 0. The summed E-state index contributed by atoms with van der Waals surface area (Å²) in [6.07, 6.45) is 1.37. The lowest BCUT2D eigenvalue weighted by Gasteiger charge is -2.09. The van der Waals surface area contributed by atoms with Gasteiger partial charge in [-0.1, -0.05) is 11.6 Å². The largest absolute Gasteiger partial charge is 0.487 e. The Kier molecular flexibility index (Phi) is 4.31. The number of ether oxygens (including phenoxy) is 2. The third-order valence-corrected chi connectivity index (χ3v) is 3.80. The number of hydrogen-bond acceptors (Lipinski definition) is 6. The minimum absolute atomic E-state index is 0.0439. The van der Waals surface area contributed by atoms with E-state index < -0.39 is 11.6 Å². The summed E-state index contributed by atoms with van der Waals surface area (Å²) in [5.74, 6) is -0.198. The summed E-state index contributed by atoms with van der Waals surface area (Å²) in [5.41, 5.74) is 1.21. The highest BCUT2D eigenvalue weighted by molar-refractivity contribution is 6.32. The Bertz CT molecular complexity index is 969. The molecular weight excluding hydrogens is 336 g/mol. The van der Waals surface area contributed by atoms with Gasteiger partial charge in [-0.25, -0.2) is 9.59 Å². The molecule has 7 heteroatoms. The minimum Gasteiger partial charge on any atom is -0.487 e. The average Bonchev–Trinajstić information content (AvgIpc) is 3.01. The van der Waals surface area contributed by atoms with E-state index in [0.29, 0.717) is 21.9 Å². The Morgan fingerprint density at radius 3 is 2.83 bits per heavy atom. The highest BCUT2D eigenvalue weighted by Gasteiger charge is 2.17. The minimum atomic E-state index is -0.593. The molecule has 2 heterocycles. The predicted molar refractivity (Wildman–Crippen MR) is 86.6 cm³/mol. The van der Waals surface area contributed by atoms with Crippen molar-refractivity contribution in [2.24, 2.45) is 0 Å².